The lowest BCUT2D eigenvalue weighted by Gasteiger charge is -1.94. The van der Waals surface area contributed by atoms with Crippen LogP contribution < -0.4 is 5.73 Å². The number of nitrogen functional groups attached to an aromatic ring is 1. The molecule has 0 bridgehead atoms. The van der Waals surface area contributed by atoms with Gasteiger partial charge in [-0.15, -0.1) is 0 Å². The molecule has 0 fully saturated rings. The van der Waals surface area contributed by atoms with Gasteiger partial charge in [0.25, 0.3) is 0 Å². The van der Waals surface area contributed by atoms with Crippen LogP contribution in [0.1, 0.15) is 0 Å². The number of fused-ring (bicyclic) bond motifs is 3. The molecular weight excluding hydrogens is 299 g/mol. The number of hydrogen-bond donors (Lipinski definition) is 2. The largest absolute Gasteiger partial charge is 0.399 e. The summed E-state index contributed by atoms with van der Waals surface area (Å²) in [5.74, 6) is 0. The molecule has 0 amide bonds. The molecule has 3 N–H and O–H groups in total. The van der Waals surface area contributed by atoms with Crippen LogP contribution in [-0.4, -0.2) is 4.98 Å². The Morgan fingerprint density at radius 1 is 0.933 bits per heavy atom. The monoisotopic (exact) mass is 308 g/mol. The number of rotatable bonds is 0. The van der Waals surface area contributed by atoms with E-state index in [9.17, 15) is 0 Å². The smallest absolute Gasteiger partial charge is 0.0466 e. The van der Waals surface area contributed by atoms with E-state index in [1.54, 1.807) is 0 Å². The summed E-state index contributed by atoms with van der Waals surface area (Å²) in [5, 5.41) is 2.44. The Labute approximate surface area is 101 Å². The van der Waals surface area contributed by atoms with Crippen LogP contribution in [0.2, 0.25) is 0 Å². The van der Waals surface area contributed by atoms with Crippen molar-refractivity contribution in [1.29, 1.82) is 0 Å². The fourth-order valence-electron chi connectivity index (χ4n) is 1.89. The molecule has 2 aromatic carbocycles. The second-order valence-corrected chi connectivity index (χ2v) is 4.87. The highest BCUT2D eigenvalue weighted by Gasteiger charge is 2.04. The van der Waals surface area contributed by atoms with Gasteiger partial charge in [-0.3, -0.25) is 0 Å². The van der Waals surface area contributed by atoms with Gasteiger partial charge in [0, 0.05) is 31.1 Å². The molecule has 0 unspecified atom stereocenters. The third kappa shape index (κ3) is 1.38. The summed E-state index contributed by atoms with van der Waals surface area (Å²) in [6, 6.07) is 12.3. The molecule has 0 atom stereocenters. The number of halogens is 1. The lowest BCUT2D eigenvalue weighted by atomic mass is 10.1. The third-order valence-electron chi connectivity index (χ3n) is 2.58. The van der Waals surface area contributed by atoms with E-state index in [4.69, 9.17) is 5.73 Å². The van der Waals surface area contributed by atoms with E-state index in [0.29, 0.717) is 0 Å². The van der Waals surface area contributed by atoms with Crippen LogP contribution in [-0.2, 0) is 0 Å². The maximum absolute atomic E-state index is 5.80. The zero-order chi connectivity index (χ0) is 10.4. The van der Waals surface area contributed by atoms with Crippen molar-refractivity contribution < 1.29 is 0 Å². The Kier molecular flexibility index (Phi) is 1.88. The van der Waals surface area contributed by atoms with E-state index in [2.05, 4.69) is 45.8 Å². The molecule has 3 aromatic rings. The molecule has 0 aliphatic rings. The standard InChI is InChI=1S/C12H9IN2/c13-7-1-3-11-9(5-7)10-6-8(14)2-4-12(10)15-11/h1-6,15H,14H2. The maximum Gasteiger partial charge on any atom is 0.0466 e. The summed E-state index contributed by atoms with van der Waals surface area (Å²) in [6.45, 7) is 0. The fraction of sp³-hybridized carbons (Fsp3) is 0. The molecule has 0 saturated heterocycles. The molecular formula is C12H9IN2. The predicted molar refractivity (Wildman–Crippen MR) is 72.9 cm³/mol. The predicted octanol–water partition coefficient (Wildman–Crippen LogP) is 3.51. The molecule has 0 saturated carbocycles. The van der Waals surface area contributed by atoms with Gasteiger partial charge in [-0.05, 0) is 59.0 Å². The van der Waals surface area contributed by atoms with Crippen LogP contribution in [0.3, 0.4) is 0 Å². The van der Waals surface area contributed by atoms with Crippen LogP contribution >= 0.6 is 22.6 Å². The lowest BCUT2D eigenvalue weighted by molar-refractivity contribution is 1.54. The summed E-state index contributed by atoms with van der Waals surface area (Å²) in [5.41, 5.74) is 8.91. The van der Waals surface area contributed by atoms with Gasteiger partial charge in [-0.2, -0.15) is 0 Å². The third-order valence-corrected chi connectivity index (χ3v) is 3.26. The molecule has 0 radical (unpaired) electrons. The minimum atomic E-state index is 0.808. The Bertz CT molecular complexity index is 599. The van der Waals surface area contributed by atoms with Crippen molar-refractivity contribution in [2.24, 2.45) is 0 Å². The molecule has 15 heavy (non-hydrogen) atoms. The van der Waals surface area contributed by atoms with Crippen molar-refractivity contribution in [3.05, 3.63) is 40.0 Å². The second kappa shape index (κ2) is 3.13. The molecule has 3 heteroatoms. The highest BCUT2D eigenvalue weighted by Crippen LogP contribution is 2.28. The van der Waals surface area contributed by atoms with Gasteiger partial charge in [-0.1, -0.05) is 0 Å². The first-order valence-corrected chi connectivity index (χ1v) is 5.78. The number of aromatic nitrogens is 1. The quantitative estimate of drug-likeness (QED) is 0.484. The van der Waals surface area contributed by atoms with E-state index in [-0.39, 0.29) is 0 Å². The zero-order valence-electron chi connectivity index (χ0n) is 7.92. The number of nitrogens with one attached hydrogen (secondary N) is 1. The van der Waals surface area contributed by atoms with Gasteiger partial charge < -0.3 is 10.7 Å². The first kappa shape index (κ1) is 9.03. The zero-order valence-corrected chi connectivity index (χ0v) is 10.1. The summed E-state index contributed by atoms with van der Waals surface area (Å²) in [6.07, 6.45) is 0. The van der Waals surface area contributed by atoms with Gasteiger partial charge in [0.2, 0.25) is 0 Å². The van der Waals surface area contributed by atoms with E-state index in [1.807, 2.05) is 18.2 Å². The van der Waals surface area contributed by atoms with Gasteiger partial charge in [0.1, 0.15) is 0 Å². The molecule has 1 heterocycles. The number of benzene rings is 2. The summed E-state index contributed by atoms with van der Waals surface area (Å²) >= 11 is 2.32. The normalized spacial score (nSPS) is 11.3. The van der Waals surface area contributed by atoms with Gasteiger partial charge in [0.15, 0.2) is 0 Å². The second-order valence-electron chi connectivity index (χ2n) is 3.62. The van der Waals surface area contributed by atoms with Crippen molar-refractivity contribution in [1.82, 2.24) is 4.98 Å². The highest BCUT2D eigenvalue weighted by molar-refractivity contribution is 14.1. The minimum Gasteiger partial charge on any atom is -0.399 e. The molecule has 3 rings (SSSR count). The van der Waals surface area contributed by atoms with Crippen LogP contribution in [0.5, 0.6) is 0 Å². The Morgan fingerprint density at radius 3 is 2.40 bits per heavy atom. The van der Waals surface area contributed by atoms with Gasteiger partial charge in [-0.25, -0.2) is 0 Å². The Hall–Kier alpha value is -1.23. The minimum absolute atomic E-state index is 0.808. The molecule has 0 aliphatic heterocycles. The molecule has 74 valence electrons. The Balaban J connectivity index is 2.55. The summed E-state index contributed by atoms with van der Waals surface area (Å²) in [7, 11) is 0. The van der Waals surface area contributed by atoms with E-state index < -0.39 is 0 Å². The molecule has 1 aromatic heterocycles. The molecule has 0 spiro atoms. The number of anilines is 1. The van der Waals surface area contributed by atoms with Crippen LogP contribution in [0.4, 0.5) is 5.69 Å². The number of aromatic amines is 1. The Morgan fingerprint density at radius 2 is 1.60 bits per heavy atom. The molecule has 2 nitrogen and oxygen atoms in total. The van der Waals surface area contributed by atoms with E-state index in [0.717, 1.165) is 16.7 Å². The van der Waals surface area contributed by atoms with Crippen molar-refractivity contribution in [3.63, 3.8) is 0 Å². The van der Waals surface area contributed by atoms with Crippen molar-refractivity contribution in [3.8, 4) is 0 Å². The van der Waals surface area contributed by atoms with Gasteiger partial charge in [0.05, 0.1) is 0 Å². The van der Waals surface area contributed by atoms with Crippen molar-refractivity contribution in [2.75, 3.05) is 5.73 Å². The highest BCUT2D eigenvalue weighted by atomic mass is 127. The van der Waals surface area contributed by atoms with E-state index in [1.165, 1.54) is 14.3 Å². The van der Waals surface area contributed by atoms with E-state index >= 15 is 0 Å². The van der Waals surface area contributed by atoms with Crippen molar-refractivity contribution >= 4 is 50.1 Å². The fourth-order valence-corrected chi connectivity index (χ4v) is 2.38. The average molecular weight is 308 g/mol. The number of nitrogens with two attached hydrogens (primary N) is 1. The first-order valence-electron chi connectivity index (χ1n) is 4.70. The summed E-state index contributed by atoms with van der Waals surface area (Å²) in [4.78, 5) is 3.37. The van der Waals surface area contributed by atoms with Crippen molar-refractivity contribution in [2.45, 2.75) is 0 Å². The molecule has 0 aliphatic carbocycles. The van der Waals surface area contributed by atoms with Crippen LogP contribution in [0.15, 0.2) is 36.4 Å². The topological polar surface area (TPSA) is 41.8 Å². The lowest BCUT2D eigenvalue weighted by Crippen LogP contribution is -1.81. The average Bonchev–Trinajstić information content (AvgIpc) is 2.56. The number of H-pyrrole nitrogens is 1. The number of hydrogen-bond acceptors (Lipinski definition) is 1. The van der Waals surface area contributed by atoms with Crippen LogP contribution in [0, 0.1) is 3.57 Å². The maximum atomic E-state index is 5.80. The van der Waals surface area contributed by atoms with Gasteiger partial charge >= 0.3 is 0 Å². The SMILES string of the molecule is Nc1ccc2[nH]c3ccc(I)cc3c2c1. The van der Waals surface area contributed by atoms with Crippen LogP contribution in [0.25, 0.3) is 21.8 Å². The summed E-state index contributed by atoms with van der Waals surface area (Å²) < 4.78 is 1.24. The first-order chi connectivity index (χ1) is 7.24.